The third-order valence-corrected chi connectivity index (χ3v) is 9.92. The summed E-state index contributed by atoms with van der Waals surface area (Å²) in [4.78, 5) is 11.5. The SMILES string of the molecule is C=C(/C=C/[C@@H](C)[C@H]1CC[C@H]2C3=CC=C4C[C@@H](OC(C)=O)CC[C@]4(C)[C@H]3CC[C@]12C)C(C)C. The van der Waals surface area contributed by atoms with Gasteiger partial charge in [-0.1, -0.05) is 82.2 Å². The van der Waals surface area contributed by atoms with Gasteiger partial charge >= 0.3 is 5.97 Å². The van der Waals surface area contributed by atoms with Gasteiger partial charge in [-0.3, -0.25) is 4.79 Å². The smallest absolute Gasteiger partial charge is 0.302 e. The molecule has 32 heavy (non-hydrogen) atoms. The van der Waals surface area contributed by atoms with Gasteiger partial charge in [0.15, 0.2) is 0 Å². The van der Waals surface area contributed by atoms with Gasteiger partial charge in [-0.05, 0) is 78.9 Å². The summed E-state index contributed by atoms with van der Waals surface area (Å²) in [5.41, 5.74) is 5.15. The molecular weight excluding hydrogens is 392 g/mol. The van der Waals surface area contributed by atoms with Crippen LogP contribution in [0.15, 0.2) is 47.6 Å². The van der Waals surface area contributed by atoms with Crippen LogP contribution in [0.25, 0.3) is 0 Å². The first-order valence-corrected chi connectivity index (χ1v) is 13.0. The monoisotopic (exact) mass is 436 g/mol. The highest BCUT2D eigenvalue weighted by Crippen LogP contribution is 2.66. The predicted molar refractivity (Wildman–Crippen MR) is 133 cm³/mol. The van der Waals surface area contributed by atoms with Gasteiger partial charge in [0.25, 0.3) is 0 Å². The Hall–Kier alpha value is -1.57. The number of hydrogen-bond donors (Lipinski definition) is 0. The fourth-order valence-electron chi connectivity index (χ4n) is 7.81. The minimum absolute atomic E-state index is 0.0692. The molecule has 4 rings (SSSR count). The highest BCUT2D eigenvalue weighted by atomic mass is 16.5. The summed E-state index contributed by atoms with van der Waals surface area (Å²) in [5.74, 6) is 3.12. The van der Waals surface area contributed by atoms with Gasteiger partial charge in [-0.25, -0.2) is 0 Å². The van der Waals surface area contributed by atoms with Crippen molar-refractivity contribution in [3.05, 3.63) is 47.6 Å². The second-order valence-electron chi connectivity index (χ2n) is 12.0. The van der Waals surface area contributed by atoms with Crippen LogP contribution in [-0.2, 0) is 9.53 Å². The number of ether oxygens (including phenoxy) is 1. The molecule has 0 aromatic heterocycles. The zero-order valence-corrected chi connectivity index (χ0v) is 21.2. The molecule has 0 aromatic carbocycles. The van der Waals surface area contributed by atoms with Crippen LogP contribution in [0.3, 0.4) is 0 Å². The second-order valence-corrected chi connectivity index (χ2v) is 12.0. The lowest BCUT2D eigenvalue weighted by atomic mass is 9.50. The van der Waals surface area contributed by atoms with Gasteiger partial charge in [0.05, 0.1) is 0 Å². The van der Waals surface area contributed by atoms with Crippen molar-refractivity contribution in [2.24, 2.45) is 40.4 Å². The predicted octanol–water partition coefficient (Wildman–Crippen LogP) is 7.82. The fraction of sp³-hybridized carbons (Fsp3) is 0.700. The Bertz CT molecular complexity index is 858. The van der Waals surface area contributed by atoms with Crippen LogP contribution in [-0.4, -0.2) is 12.1 Å². The van der Waals surface area contributed by atoms with E-state index in [2.05, 4.69) is 65.5 Å². The van der Waals surface area contributed by atoms with E-state index in [4.69, 9.17) is 4.74 Å². The first-order valence-electron chi connectivity index (χ1n) is 13.0. The number of allylic oxidation sites excluding steroid dienone is 6. The molecular formula is C30H44O2. The Kier molecular flexibility index (Phi) is 6.38. The summed E-state index contributed by atoms with van der Waals surface area (Å²) in [6.45, 7) is 17.7. The molecule has 2 heteroatoms. The normalized spacial score (nSPS) is 39.6. The zero-order valence-electron chi connectivity index (χ0n) is 21.2. The number of rotatable bonds is 5. The van der Waals surface area contributed by atoms with Crippen LogP contribution in [0.2, 0.25) is 0 Å². The van der Waals surface area contributed by atoms with Gasteiger partial charge < -0.3 is 4.74 Å². The highest BCUT2D eigenvalue weighted by molar-refractivity contribution is 5.66. The lowest BCUT2D eigenvalue weighted by molar-refractivity contribution is -0.148. The van der Waals surface area contributed by atoms with Crippen molar-refractivity contribution in [2.75, 3.05) is 0 Å². The number of carbonyl (C=O) groups is 1. The number of esters is 1. The average molecular weight is 437 g/mol. The maximum absolute atomic E-state index is 11.5. The van der Waals surface area contributed by atoms with Gasteiger partial charge in [0.2, 0.25) is 0 Å². The Morgan fingerprint density at radius 1 is 1.09 bits per heavy atom. The first-order chi connectivity index (χ1) is 15.1. The summed E-state index contributed by atoms with van der Waals surface area (Å²) >= 11 is 0. The van der Waals surface area contributed by atoms with Crippen LogP contribution in [0.5, 0.6) is 0 Å². The first kappa shape index (κ1) is 23.6. The summed E-state index contributed by atoms with van der Waals surface area (Å²) < 4.78 is 5.59. The Morgan fingerprint density at radius 3 is 2.53 bits per heavy atom. The molecule has 3 saturated carbocycles. The summed E-state index contributed by atoms with van der Waals surface area (Å²) in [6, 6.07) is 0. The lowest BCUT2D eigenvalue weighted by Gasteiger charge is -2.55. The van der Waals surface area contributed by atoms with Crippen molar-refractivity contribution < 1.29 is 9.53 Å². The molecule has 0 spiro atoms. The fourth-order valence-corrected chi connectivity index (χ4v) is 7.81. The molecule has 0 aromatic rings. The van der Waals surface area contributed by atoms with E-state index in [0.717, 1.165) is 31.1 Å². The second kappa shape index (κ2) is 8.65. The van der Waals surface area contributed by atoms with Crippen molar-refractivity contribution in [1.29, 1.82) is 0 Å². The maximum Gasteiger partial charge on any atom is 0.302 e. The summed E-state index contributed by atoms with van der Waals surface area (Å²) in [5, 5.41) is 0. The molecule has 0 bridgehead atoms. The molecule has 4 aliphatic rings. The van der Waals surface area contributed by atoms with Gasteiger partial charge in [0, 0.05) is 13.3 Å². The third-order valence-electron chi connectivity index (χ3n) is 9.92. The van der Waals surface area contributed by atoms with E-state index in [-0.39, 0.29) is 17.5 Å². The van der Waals surface area contributed by atoms with Gasteiger partial charge in [-0.15, -0.1) is 0 Å². The largest absolute Gasteiger partial charge is 0.462 e. The average Bonchev–Trinajstić information content (AvgIpc) is 3.08. The van der Waals surface area contributed by atoms with Crippen LogP contribution < -0.4 is 0 Å². The quantitative estimate of drug-likeness (QED) is 0.324. The molecule has 0 aliphatic heterocycles. The van der Waals surface area contributed by atoms with E-state index in [1.54, 1.807) is 5.57 Å². The zero-order chi connectivity index (χ0) is 23.3. The van der Waals surface area contributed by atoms with E-state index >= 15 is 0 Å². The van der Waals surface area contributed by atoms with Crippen LogP contribution in [0.1, 0.15) is 86.5 Å². The van der Waals surface area contributed by atoms with E-state index in [9.17, 15) is 4.79 Å². The molecule has 0 unspecified atom stereocenters. The molecule has 0 saturated heterocycles. The number of fused-ring (bicyclic) bond motifs is 5. The van der Waals surface area contributed by atoms with Gasteiger partial charge in [-0.2, -0.15) is 0 Å². The molecule has 7 atom stereocenters. The van der Waals surface area contributed by atoms with Crippen LogP contribution >= 0.6 is 0 Å². The minimum Gasteiger partial charge on any atom is -0.462 e. The maximum atomic E-state index is 11.5. The number of hydrogen-bond acceptors (Lipinski definition) is 2. The van der Waals surface area contributed by atoms with Crippen LogP contribution in [0, 0.1) is 40.4 Å². The lowest BCUT2D eigenvalue weighted by Crippen LogP contribution is -2.46. The topological polar surface area (TPSA) is 26.3 Å². The van der Waals surface area contributed by atoms with Crippen molar-refractivity contribution in [3.8, 4) is 0 Å². The molecule has 0 amide bonds. The molecule has 3 fully saturated rings. The van der Waals surface area contributed by atoms with Gasteiger partial charge in [0.1, 0.15) is 6.10 Å². The Morgan fingerprint density at radius 2 is 1.84 bits per heavy atom. The summed E-state index contributed by atoms with van der Waals surface area (Å²) in [7, 11) is 0. The minimum atomic E-state index is -0.142. The van der Waals surface area contributed by atoms with E-state index in [1.807, 2.05) is 0 Å². The van der Waals surface area contributed by atoms with E-state index in [0.29, 0.717) is 23.2 Å². The molecule has 176 valence electrons. The van der Waals surface area contributed by atoms with Crippen molar-refractivity contribution in [3.63, 3.8) is 0 Å². The molecule has 0 heterocycles. The Labute approximate surface area is 196 Å². The molecule has 0 N–H and O–H groups in total. The number of carbonyl (C=O) groups excluding carboxylic acids is 1. The van der Waals surface area contributed by atoms with Crippen molar-refractivity contribution in [1.82, 2.24) is 0 Å². The molecule has 4 aliphatic carbocycles. The molecule has 2 nitrogen and oxygen atoms in total. The van der Waals surface area contributed by atoms with E-state index < -0.39 is 0 Å². The van der Waals surface area contributed by atoms with Crippen molar-refractivity contribution >= 4 is 5.97 Å². The summed E-state index contributed by atoms with van der Waals surface area (Å²) in [6.07, 6.45) is 18.1. The standard InChI is InChI=1S/C30H44O2/c1-19(2)20(3)8-9-21(4)26-12-13-27-25-11-10-23-18-24(32-22(5)31)14-16-29(23,6)28(25)15-17-30(26,27)7/h8-11,19,21,24,26-28H,3,12-18H2,1-2,4-7H3/b9-8+/t21-,24+,26-,27+,28+,29+,30-/m1/s1. The van der Waals surface area contributed by atoms with Crippen LogP contribution in [0.4, 0.5) is 0 Å². The Balaban J connectivity index is 1.55. The molecule has 0 radical (unpaired) electrons. The van der Waals surface area contributed by atoms with E-state index in [1.165, 1.54) is 43.8 Å². The highest BCUT2D eigenvalue weighted by Gasteiger charge is 2.56. The van der Waals surface area contributed by atoms with Crippen molar-refractivity contribution in [2.45, 2.75) is 92.6 Å². The third kappa shape index (κ3) is 3.97.